The van der Waals surface area contributed by atoms with E-state index in [0.29, 0.717) is 33.2 Å². The van der Waals surface area contributed by atoms with E-state index in [0.717, 1.165) is 27.8 Å². The number of ether oxygens (including phenoxy) is 4. The molecule has 174 valence electrons. The predicted octanol–water partition coefficient (Wildman–Crippen LogP) is 3.25. The van der Waals surface area contributed by atoms with Crippen LogP contribution >= 0.6 is 11.3 Å². The Morgan fingerprint density at radius 1 is 1.06 bits per heavy atom. The van der Waals surface area contributed by atoms with Crippen LogP contribution in [-0.4, -0.2) is 53.7 Å². The summed E-state index contributed by atoms with van der Waals surface area (Å²) in [4.78, 5) is 29.3. The van der Waals surface area contributed by atoms with Crippen molar-refractivity contribution in [2.45, 2.75) is 26.4 Å². The van der Waals surface area contributed by atoms with Gasteiger partial charge < -0.3 is 18.9 Å². The number of pyridine rings is 1. The molecule has 10 nitrogen and oxygen atoms in total. The van der Waals surface area contributed by atoms with Crippen molar-refractivity contribution in [3.63, 3.8) is 0 Å². The van der Waals surface area contributed by atoms with Crippen molar-refractivity contribution < 1.29 is 23.7 Å². The number of aromatic nitrogens is 4. The number of fused-ring (bicyclic) bond motifs is 2. The lowest BCUT2D eigenvalue weighted by atomic mass is 10.0. The summed E-state index contributed by atoms with van der Waals surface area (Å²) >= 11 is 1.01. The number of carbonyl (C=O) groups is 1. The van der Waals surface area contributed by atoms with Crippen molar-refractivity contribution in [1.29, 1.82) is 0 Å². The van der Waals surface area contributed by atoms with Crippen LogP contribution in [0.25, 0.3) is 32.5 Å². The van der Waals surface area contributed by atoms with E-state index in [1.165, 1.54) is 18.8 Å². The van der Waals surface area contributed by atoms with Crippen LogP contribution in [-0.2, 0) is 16.1 Å². The molecule has 0 fully saturated rings. The van der Waals surface area contributed by atoms with Crippen LogP contribution in [0.15, 0.2) is 23.1 Å². The molecule has 0 amide bonds. The highest BCUT2D eigenvalue weighted by molar-refractivity contribution is 7.17. The maximum Gasteiger partial charge on any atom is 0.325 e. The number of nitrogens with zero attached hydrogens (tertiary/aromatic N) is 4. The normalized spacial score (nSPS) is 11.4. The number of hydrogen-bond acceptors (Lipinski definition) is 9. The minimum atomic E-state index is -0.537. The van der Waals surface area contributed by atoms with Gasteiger partial charge in [-0.15, -0.1) is 0 Å². The van der Waals surface area contributed by atoms with E-state index in [9.17, 15) is 9.59 Å². The summed E-state index contributed by atoms with van der Waals surface area (Å²) in [6.07, 6.45) is 1.73. The molecule has 0 aliphatic rings. The molecule has 0 bridgehead atoms. The second-order valence-electron chi connectivity index (χ2n) is 7.50. The summed E-state index contributed by atoms with van der Waals surface area (Å²) < 4.78 is 25.0. The minimum Gasteiger partial charge on any atom is -0.493 e. The average Bonchev–Trinajstić information content (AvgIpc) is 3.37. The molecule has 3 aromatic heterocycles. The number of benzene rings is 1. The summed E-state index contributed by atoms with van der Waals surface area (Å²) in [6.45, 7) is 3.75. The first-order valence-electron chi connectivity index (χ1n) is 10.1. The topological polar surface area (TPSA) is 107 Å². The molecule has 0 aliphatic carbocycles. The van der Waals surface area contributed by atoms with E-state index < -0.39 is 5.97 Å². The monoisotopic (exact) mass is 472 g/mol. The molecular formula is C22H24N4O6S. The van der Waals surface area contributed by atoms with Gasteiger partial charge in [-0.1, -0.05) is 11.3 Å². The van der Waals surface area contributed by atoms with Gasteiger partial charge in [-0.25, -0.2) is 9.67 Å². The van der Waals surface area contributed by atoms with Gasteiger partial charge in [0.1, 0.15) is 6.54 Å². The second kappa shape index (κ2) is 8.74. The molecule has 0 unspecified atom stereocenters. The first-order valence-corrected chi connectivity index (χ1v) is 10.9. The SMILES string of the molecule is COC(=O)Cn1c(=O)sc2c(-c3cc(OC)c(OC)c(OC)c3)c3cnn(C(C)C)c3nc21. The van der Waals surface area contributed by atoms with Crippen LogP contribution in [0.3, 0.4) is 0 Å². The average molecular weight is 473 g/mol. The highest BCUT2D eigenvalue weighted by atomic mass is 32.1. The zero-order valence-electron chi connectivity index (χ0n) is 19.2. The van der Waals surface area contributed by atoms with Gasteiger partial charge in [-0.2, -0.15) is 5.10 Å². The van der Waals surface area contributed by atoms with Gasteiger partial charge in [0.25, 0.3) is 0 Å². The molecular weight excluding hydrogens is 448 g/mol. The molecule has 0 spiro atoms. The van der Waals surface area contributed by atoms with Crippen LogP contribution in [0.1, 0.15) is 19.9 Å². The lowest BCUT2D eigenvalue weighted by molar-refractivity contribution is -0.141. The molecule has 3 heterocycles. The Balaban J connectivity index is 2.14. The molecule has 0 saturated heterocycles. The third-order valence-corrected chi connectivity index (χ3v) is 6.29. The van der Waals surface area contributed by atoms with Crippen LogP contribution in [0.5, 0.6) is 17.2 Å². The van der Waals surface area contributed by atoms with Crippen molar-refractivity contribution in [3.05, 3.63) is 28.0 Å². The van der Waals surface area contributed by atoms with Gasteiger partial charge in [0.2, 0.25) is 5.75 Å². The number of methoxy groups -OCH3 is 4. The van der Waals surface area contributed by atoms with Gasteiger partial charge in [-0.3, -0.25) is 14.2 Å². The first-order chi connectivity index (χ1) is 15.8. The fraction of sp³-hybridized carbons (Fsp3) is 0.364. The fourth-order valence-corrected chi connectivity index (χ4v) is 4.77. The Labute approximate surface area is 193 Å². The standard InChI is InChI=1S/C22H24N4O6S/c1-11(2)26-20-13(9-23-26)17(12-7-14(29-3)18(32-6)15(8-12)30-4)19-21(24-20)25(22(28)33-19)10-16(27)31-5/h7-9,11H,10H2,1-6H3. The van der Waals surface area contributed by atoms with Crippen molar-refractivity contribution in [1.82, 2.24) is 19.3 Å². The largest absolute Gasteiger partial charge is 0.493 e. The second-order valence-corrected chi connectivity index (χ2v) is 8.47. The lowest BCUT2D eigenvalue weighted by Gasteiger charge is -2.15. The van der Waals surface area contributed by atoms with Crippen molar-refractivity contribution in [3.8, 4) is 28.4 Å². The predicted molar refractivity (Wildman–Crippen MR) is 125 cm³/mol. The van der Waals surface area contributed by atoms with E-state index in [1.54, 1.807) is 25.1 Å². The van der Waals surface area contributed by atoms with Crippen LogP contribution in [0, 0.1) is 0 Å². The highest BCUT2D eigenvalue weighted by Crippen LogP contribution is 2.45. The van der Waals surface area contributed by atoms with Crippen LogP contribution in [0.4, 0.5) is 0 Å². The van der Waals surface area contributed by atoms with Gasteiger partial charge in [0, 0.05) is 17.0 Å². The first kappa shape index (κ1) is 22.6. The van der Waals surface area contributed by atoms with Crippen molar-refractivity contribution in [2.24, 2.45) is 0 Å². The van der Waals surface area contributed by atoms with Crippen molar-refractivity contribution >= 4 is 38.7 Å². The van der Waals surface area contributed by atoms with E-state index in [2.05, 4.69) is 5.10 Å². The zero-order chi connectivity index (χ0) is 23.9. The number of rotatable bonds is 7. The summed E-state index contributed by atoms with van der Waals surface area (Å²) in [5, 5.41) is 5.29. The number of carbonyl (C=O) groups excluding carboxylic acids is 1. The Morgan fingerprint density at radius 3 is 2.27 bits per heavy atom. The molecule has 11 heteroatoms. The molecule has 0 N–H and O–H groups in total. The molecule has 0 atom stereocenters. The fourth-order valence-electron chi connectivity index (χ4n) is 3.76. The Hall–Kier alpha value is -3.60. The van der Waals surface area contributed by atoms with Gasteiger partial charge >= 0.3 is 10.8 Å². The summed E-state index contributed by atoms with van der Waals surface area (Å²) in [5.74, 6) is 0.870. The molecule has 0 aliphatic heterocycles. The summed E-state index contributed by atoms with van der Waals surface area (Å²) in [5.41, 5.74) is 2.45. The third-order valence-electron chi connectivity index (χ3n) is 5.30. The maximum atomic E-state index is 12.9. The Kier molecular flexibility index (Phi) is 5.98. The molecule has 4 rings (SSSR count). The zero-order valence-corrected chi connectivity index (χ0v) is 20.0. The molecule has 4 aromatic rings. The number of thiazole rings is 1. The van der Waals surface area contributed by atoms with E-state index in [4.69, 9.17) is 23.9 Å². The summed E-state index contributed by atoms with van der Waals surface area (Å²) in [7, 11) is 5.90. The molecule has 33 heavy (non-hydrogen) atoms. The molecule has 0 radical (unpaired) electrons. The number of hydrogen-bond donors (Lipinski definition) is 0. The maximum absolute atomic E-state index is 12.9. The van der Waals surface area contributed by atoms with Gasteiger partial charge in [0.05, 0.1) is 39.3 Å². The van der Waals surface area contributed by atoms with Gasteiger partial charge in [0.15, 0.2) is 22.8 Å². The molecule has 0 saturated carbocycles. The lowest BCUT2D eigenvalue weighted by Crippen LogP contribution is -2.20. The highest BCUT2D eigenvalue weighted by Gasteiger charge is 2.24. The summed E-state index contributed by atoms with van der Waals surface area (Å²) in [6, 6.07) is 3.66. The van der Waals surface area contributed by atoms with E-state index in [1.807, 2.05) is 26.0 Å². The molecule has 1 aromatic carbocycles. The van der Waals surface area contributed by atoms with Crippen LogP contribution in [0.2, 0.25) is 0 Å². The number of esters is 1. The Bertz CT molecular complexity index is 1390. The minimum absolute atomic E-state index is 0.0275. The quantitative estimate of drug-likeness (QED) is 0.377. The van der Waals surface area contributed by atoms with E-state index in [-0.39, 0.29) is 17.5 Å². The van der Waals surface area contributed by atoms with E-state index >= 15 is 0 Å². The smallest absolute Gasteiger partial charge is 0.325 e. The Morgan fingerprint density at radius 2 is 1.73 bits per heavy atom. The van der Waals surface area contributed by atoms with Crippen molar-refractivity contribution in [2.75, 3.05) is 28.4 Å². The van der Waals surface area contributed by atoms with Crippen LogP contribution < -0.4 is 19.1 Å². The third kappa shape index (κ3) is 3.67. The van der Waals surface area contributed by atoms with Gasteiger partial charge in [-0.05, 0) is 31.5 Å².